The number of nitrogens with zero attached hydrogens (tertiary/aromatic N) is 2. The Bertz CT molecular complexity index is 715. The molecule has 3 rings (SSSR count). The lowest BCUT2D eigenvalue weighted by Crippen LogP contribution is -2.48. The molecule has 0 radical (unpaired) electrons. The first-order chi connectivity index (χ1) is 12.1. The monoisotopic (exact) mass is 404 g/mol. The summed E-state index contributed by atoms with van der Waals surface area (Å²) in [6.07, 6.45) is 0.805. The zero-order valence-electron chi connectivity index (χ0n) is 14.1. The highest BCUT2D eigenvalue weighted by Crippen LogP contribution is 2.17. The van der Waals surface area contributed by atoms with Gasteiger partial charge in [0.1, 0.15) is 5.82 Å². The standard InChI is InChI=1S/C20H22BrFN2O/c21-18-8-6-17(19(22)14-18)7-9-20(25)24-12-10-23(11-13-24)15-16-4-2-1-3-5-16/h1-6,8,14H,7,9-13,15H2. The van der Waals surface area contributed by atoms with E-state index in [1.54, 1.807) is 6.07 Å². The van der Waals surface area contributed by atoms with E-state index in [1.165, 1.54) is 11.6 Å². The number of piperazine rings is 1. The van der Waals surface area contributed by atoms with Gasteiger partial charge in [-0.2, -0.15) is 0 Å². The van der Waals surface area contributed by atoms with Crippen molar-refractivity contribution in [2.24, 2.45) is 0 Å². The smallest absolute Gasteiger partial charge is 0.222 e. The van der Waals surface area contributed by atoms with Crippen LogP contribution in [0.25, 0.3) is 0 Å². The number of amides is 1. The number of aryl methyl sites for hydroxylation is 1. The van der Waals surface area contributed by atoms with Gasteiger partial charge in [0, 0.05) is 43.6 Å². The molecule has 0 atom stereocenters. The van der Waals surface area contributed by atoms with Crippen LogP contribution in [0.2, 0.25) is 0 Å². The topological polar surface area (TPSA) is 23.6 Å². The second-order valence-electron chi connectivity index (χ2n) is 6.38. The molecule has 1 saturated heterocycles. The molecule has 0 aromatic heterocycles. The molecule has 132 valence electrons. The molecular weight excluding hydrogens is 383 g/mol. The van der Waals surface area contributed by atoms with Gasteiger partial charge in [0.15, 0.2) is 0 Å². The van der Waals surface area contributed by atoms with Gasteiger partial charge in [-0.3, -0.25) is 9.69 Å². The molecule has 0 aliphatic carbocycles. The van der Waals surface area contributed by atoms with Crippen LogP contribution in [0, 0.1) is 5.82 Å². The summed E-state index contributed by atoms with van der Waals surface area (Å²) in [4.78, 5) is 16.7. The molecular formula is C20H22BrFN2O. The van der Waals surface area contributed by atoms with Gasteiger partial charge in [0.05, 0.1) is 0 Å². The maximum atomic E-state index is 13.8. The van der Waals surface area contributed by atoms with Crippen molar-refractivity contribution in [2.75, 3.05) is 26.2 Å². The highest BCUT2D eigenvalue weighted by atomic mass is 79.9. The van der Waals surface area contributed by atoms with E-state index >= 15 is 0 Å². The highest BCUT2D eigenvalue weighted by molar-refractivity contribution is 9.10. The summed E-state index contributed by atoms with van der Waals surface area (Å²) in [5, 5.41) is 0. The van der Waals surface area contributed by atoms with Crippen LogP contribution in [-0.4, -0.2) is 41.9 Å². The van der Waals surface area contributed by atoms with Crippen LogP contribution in [-0.2, 0) is 17.8 Å². The number of benzene rings is 2. The van der Waals surface area contributed by atoms with Gasteiger partial charge in [0.2, 0.25) is 5.91 Å². The molecule has 5 heteroatoms. The Balaban J connectivity index is 1.45. The van der Waals surface area contributed by atoms with Crippen molar-refractivity contribution < 1.29 is 9.18 Å². The molecule has 1 heterocycles. The SMILES string of the molecule is O=C(CCc1ccc(Br)cc1F)N1CCN(Cc2ccccc2)CC1. The van der Waals surface area contributed by atoms with Crippen molar-refractivity contribution in [1.29, 1.82) is 0 Å². The predicted molar refractivity (Wildman–Crippen MR) is 101 cm³/mol. The molecule has 2 aromatic rings. The van der Waals surface area contributed by atoms with Crippen molar-refractivity contribution in [2.45, 2.75) is 19.4 Å². The third-order valence-corrected chi connectivity index (χ3v) is 5.09. The molecule has 25 heavy (non-hydrogen) atoms. The lowest BCUT2D eigenvalue weighted by molar-refractivity contribution is -0.133. The fourth-order valence-electron chi connectivity index (χ4n) is 3.12. The Morgan fingerprint density at radius 3 is 2.44 bits per heavy atom. The molecule has 1 aliphatic heterocycles. The molecule has 0 bridgehead atoms. The first kappa shape index (κ1) is 18.1. The minimum Gasteiger partial charge on any atom is -0.340 e. The summed E-state index contributed by atoms with van der Waals surface area (Å²) in [5.41, 5.74) is 1.90. The fraction of sp³-hybridized carbons (Fsp3) is 0.350. The van der Waals surface area contributed by atoms with Gasteiger partial charge in [-0.25, -0.2) is 4.39 Å². The van der Waals surface area contributed by atoms with Gasteiger partial charge < -0.3 is 4.90 Å². The predicted octanol–water partition coefficient (Wildman–Crippen LogP) is 3.87. The third-order valence-electron chi connectivity index (χ3n) is 4.60. The Morgan fingerprint density at radius 2 is 1.76 bits per heavy atom. The Kier molecular flexibility index (Phi) is 6.21. The van der Waals surface area contributed by atoms with Crippen molar-refractivity contribution in [3.05, 3.63) is 69.9 Å². The molecule has 0 spiro atoms. The van der Waals surface area contributed by atoms with Gasteiger partial charge in [0.25, 0.3) is 0 Å². The zero-order chi connectivity index (χ0) is 17.6. The maximum absolute atomic E-state index is 13.8. The minimum absolute atomic E-state index is 0.113. The summed E-state index contributed by atoms with van der Waals surface area (Å²) in [7, 11) is 0. The average molecular weight is 405 g/mol. The molecule has 1 fully saturated rings. The van der Waals surface area contributed by atoms with Crippen molar-refractivity contribution in [3.8, 4) is 0 Å². The quantitative estimate of drug-likeness (QED) is 0.754. The molecule has 0 N–H and O–H groups in total. The lowest BCUT2D eigenvalue weighted by atomic mass is 10.1. The van der Waals surface area contributed by atoms with Crippen LogP contribution >= 0.6 is 15.9 Å². The molecule has 3 nitrogen and oxygen atoms in total. The van der Waals surface area contributed by atoms with Gasteiger partial charge in [-0.1, -0.05) is 52.3 Å². The van der Waals surface area contributed by atoms with Crippen molar-refractivity contribution in [3.63, 3.8) is 0 Å². The molecule has 1 amide bonds. The van der Waals surface area contributed by atoms with Crippen LogP contribution in [0.4, 0.5) is 4.39 Å². The highest BCUT2D eigenvalue weighted by Gasteiger charge is 2.21. The van der Waals surface area contributed by atoms with E-state index in [9.17, 15) is 9.18 Å². The number of carbonyl (C=O) groups excluding carboxylic acids is 1. The number of carbonyl (C=O) groups is 1. The second kappa shape index (κ2) is 8.59. The summed E-state index contributed by atoms with van der Waals surface area (Å²) in [5.74, 6) is -0.142. The number of rotatable bonds is 5. The normalized spacial score (nSPS) is 15.4. The van der Waals surface area contributed by atoms with E-state index in [0.29, 0.717) is 18.4 Å². The zero-order valence-corrected chi connectivity index (χ0v) is 15.7. The van der Waals surface area contributed by atoms with E-state index in [1.807, 2.05) is 17.0 Å². The van der Waals surface area contributed by atoms with Crippen LogP contribution in [0.1, 0.15) is 17.5 Å². The van der Waals surface area contributed by atoms with Gasteiger partial charge in [-0.05, 0) is 29.7 Å². The van der Waals surface area contributed by atoms with Crippen molar-refractivity contribution in [1.82, 2.24) is 9.80 Å². The van der Waals surface area contributed by atoms with E-state index in [-0.39, 0.29) is 11.7 Å². The Hall–Kier alpha value is -1.72. The summed E-state index contributed by atoms with van der Waals surface area (Å²) in [6, 6.07) is 15.4. The van der Waals surface area contributed by atoms with E-state index in [4.69, 9.17) is 0 Å². The van der Waals surface area contributed by atoms with Crippen LogP contribution < -0.4 is 0 Å². The summed E-state index contributed by atoms with van der Waals surface area (Å²) in [6.45, 7) is 4.18. The first-order valence-corrected chi connectivity index (χ1v) is 9.39. The maximum Gasteiger partial charge on any atom is 0.222 e. The van der Waals surface area contributed by atoms with E-state index < -0.39 is 0 Å². The van der Waals surface area contributed by atoms with Crippen LogP contribution in [0.15, 0.2) is 53.0 Å². The van der Waals surface area contributed by atoms with E-state index in [2.05, 4.69) is 45.1 Å². The second-order valence-corrected chi connectivity index (χ2v) is 7.29. The van der Waals surface area contributed by atoms with Crippen LogP contribution in [0.5, 0.6) is 0 Å². The Labute approximate surface area is 156 Å². The van der Waals surface area contributed by atoms with Crippen molar-refractivity contribution >= 4 is 21.8 Å². The summed E-state index contributed by atoms with van der Waals surface area (Å²) >= 11 is 3.25. The largest absolute Gasteiger partial charge is 0.340 e. The number of hydrogen-bond acceptors (Lipinski definition) is 2. The van der Waals surface area contributed by atoms with E-state index in [0.717, 1.165) is 37.2 Å². The Morgan fingerprint density at radius 1 is 1.04 bits per heavy atom. The molecule has 1 aliphatic rings. The molecule has 0 saturated carbocycles. The molecule has 0 unspecified atom stereocenters. The lowest BCUT2D eigenvalue weighted by Gasteiger charge is -2.34. The number of hydrogen-bond donors (Lipinski definition) is 0. The third kappa shape index (κ3) is 5.13. The summed E-state index contributed by atoms with van der Waals surface area (Å²) < 4.78 is 14.6. The number of halogens is 2. The first-order valence-electron chi connectivity index (χ1n) is 8.60. The van der Waals surface area contributed by atoms with Crippen LogP contribution in [0.3, 0.4) is 0 Å². The van der Waals surface area contributed by atoms with Gasteiger partial charge in [-0.15, -0.1) is 0 Å². The molecule has 2 aromatic carbocycles. The van der Waals surface area contributed by atoms with Gasteiger partial charge >= 0.3 is 0 Å². The fourth-order valence-corrected chi connectivity index (χ4v) is 3.45. The average Bonchev–Trinajstić information content (AvgIpc) is 2.62. The minimum atomic E-state index is -0.255.